The Bertz CT molecular complexity index is 462. The van der Waals surface area contributed by atoms with E-state index in [2.05, 4.69) is 24.2 Å². The van der Waals surface area contributed by atoms with Gasteiger partial charge in [-0.05, 0) is 23.6 Å². The molecule has 0 aromatic heterocycles. The molecule has 0 amide bonds. The van der Waals surface area contributed by atoms with Crippen LogP contribution < -0.4 is 25.3 Å². The Labute approximate surface area is 126 Å². The van der Waals surface area contributed by atoms with E-state index in [1.165, 1.54) is 0 Å². The first-order valence-corrected chi connectivity index (χ1v) is 6.84. The van der Waals surface area contributed by atoms with Gasteiger partial charge in [-0.25, -0.2) is 4.99 Å². The van der Waals surface area contributed by atoms with Crippen LogP contribution in [0.15, 0.2) is 17.1 Å². The Morgan fingerprint density at radius 3 is 2.14 bits per heavy atom. The maximum atomic E-state index is 5.82. The molecular weight excluding hydrogens is 270 g/mol. The quantitative estimate of drug-likeness (QED) is 0.592. The summed E-state index contributed by atoms with van der Waals surface area (Å²) in [4.78, 5) is 4.30. The smallest absolute Gasteiger partial charge is 0.203 e. The van der Waals surface area contributed by atoms with Crippen LogP contribution in [-0.4, -0.2) is 33.8 Å². The molecular formula is C15H25N3O3. The van der Waals surface area contributed by atoms with E-state index in [4.69, 9.17) is 19.9 Å². The molecule has 0 bridgehead atoms. The summed E-state index contributed by atoms with van der Waals surface area (Å²) in [5.74, 6) is 2.72. The van der Waals surface area contributed by atoms with Crippen LogP contribution in [0, 0.1) is 5.92 Å². The van der Waals surface area contributed by atoms with Crippen molar-refractivity contribution >= 4 is 5.96 Å². The molecule has 6 nitrogen and oxygen atoms in total. The maximum Gasteiger partial charge on any atom is 0.203 e. The van der Waals surface area contributed by atoms with Gasteiger partial charge in [-0.1, -0.05) is 13.8 Å². The molecule has 0 atom stereocenters. The minimum atomic E-state index is 0.428. The predicted octanol–water partition coefficient (Wildman–Crippen LogP) is 1.77. The summed E-state index contributed by atoms with van der Waals surface area (Å²) in [5, 5.41) is 3.07. The van der Waals surface area contributed by atoms with Crippen LogP contribution in [0.3, 0.4) is 0 Å². The van der Waals surface area contributed by atoms with Crippen molar-refractivity contribution in [3.8, 4) is 17.2 Å². The molecule has 0 radical (unpaired) electrons. The average molecular weight is 295 g/mol. The highest BCUT2D eigenvalue weighted by Crippen LogP contribution is 2.38. The van der Waals surface area contributed by atoms with Gasteiger partial charge in [0.05, 0.1) is 27.9 Å². The number of nitrogens with one attached hydrogen (secondary N) is 1. The number of ether oxygens (including phenoxy) is 3. The third kappa shape index (κ3) is 5.06. The summed E-state index contributed by atoms with van der Waals surface area (Å²) < 4.78 is 15.9. The van der Waals surface area contributed by atoms with E-state index in [1.54, 1.807) is 21.3 Å². The lowest BCUT2D eigenvalue weighted by atomic mass is 10.2. The third-order valence-corrected chi connectivity index (χ3v) is 2.85. The zero-order valence-corrected chi connectivity index (χ0v) is 13.4. The van der Waals surface area contributed by atoms with Crippen molar-refractivity contribution in [3.63, 3.8) is 0 Å². The number of methoxy groups -OCH3 is 3. The van der Waals surface area contributed by atoms with E-state index in [0.717, 1.165) is 12.1 Å². The van der Waals surface area contributed by atoms with E-state index in [0.29, 0.717) is 35.7 Å². The molecule has 0 fully saturated rings. The average Bonchev–Trinajstić information content (AvgIpc) is 2.49. The van der Waals surface area contributed by atoms with Crippen LogP contribution in [0.1, 0.15) is 19.4 Å². The first kappa shape index (κ1) is 16.9. The number of nitrogens with zero attached hydrogens (tertiary/aromatic N) is 1. The van der Waals surface area contributed by atoms with Crippen molar-refractivity contribution in [2.75, 3.05) is 27.9 Å². The Morgan fingerprint density at radius 2 is 1.71 bits per heavy atom. The van der Waals surface area contributed by atoms with Gasteiger partial charge in [0.2, 0.25) is 5.75 Å². The third-order valence-electron chi connectivity index (χ3n) is 2.85. The van der Waals surface area contributed by atoms with E-state index < -0.39 is 0 Å². The highest BCUT2D eigenvalue weighted by Gasteiger charge is 2.12. The molecule has 118 valence electrons. The number of aliphatic imine (C=N–C) groups is 1. The number of hydrogen-bond donors (Lipinski definition) is 2. The lowest BCUT2D eigenvalue weighted by Crippen LogP contribution is -2.34. The van der Waals surface area contributed by atoms with Crippen LogP contribution in [0.5, 0.6) is 17.2 Å². The Kier molecular flexibility index (Phi) is 6.65. The second kappa shape index (κ2) is 8.24. The fraction of sp³-hybridized carbons (Fsp3) is 0.533. The molecule has 21 heavy (non-hydrogen) atoms. The van der Waals surface area contributed by atoms with Crippen molar-refractivity contribution in [3.05, 3.63) is 17.7 Å². The molecule has 1 rings (SSSR count). The van der Waals surface area contributed by atoms with Gasteiger partial charge in [0.1, 0.15) is 0 Å². The molecule has 0 aliphatic carbocycles. The minimum absolute atomic E-state index is 0.428. The van der Waals surface area contributed by atoms with Crippen molar-refractivity contribution in [1.82, 2.24) is 5.32 Å². The van der Waals surface area contributed by atoms with Gasteiger partial charge in [0.15, 0.2) is 17.5 Å². The second-order valence-electron chi connectivity index (χ2n) is 5.01. The molecule has 0 aliphatic heterocycles. The first-order chi connectivity index (χ1) is 10.0. The van der Waals surface area contributed by atoms with Crippen molar-refractivity contribution in [2.45, 2.75) is 20.4 Å². The number of hydrogen-bond acceptors (Lipinski definition) is 4. The van der Waals surface area contributed by atoms with Gasteiger partial charge in [0, 0.05) is 6.54 Å². The maximum absolute atomic E-state index is 5.82. The molecule has 0 heterocycles. The van der Waals surface area contributed by atoms with E-state index in [1.807, 2.05) is 12.1 Å². The highest BCUT2D eigenvalue weighted by molar-refractivity contribution is 5.77. The molecule has 0 unspecified atom stereocenters. The molecule has 6 heteroatoms. The number of benzene rings is 1. The summed E-state index contributed by atoms with van der Waals surface area (Å²) in [6.45, 7) is 5.46. The summed E-state index contributed by atoms with van der Waals surface area (Å²) in [5.41, 5.74) is 6.75. The summed E-state index contributed by atoms with van der Waals surface area (Å²) >= 11 is 0. The number of nitrogens with two attached hydrogens (primary N) is 1. The lowest BCUT2D eigenvalue weighted by Gasteiger charge is -2.13. The first-order valence-electron chi connectivity index (χ1n) is 6.84. The van der Waals surface area contributed by atoms with Crippen LogP contribution in [-0.2, 0) is 6.54 Å². The monoisotopic (exact) mass is 295 g/mol. The fourth-order valence-corrected chi connectivity index (χ4v) is 1.77. The topological polar surface area (TPSA) is 78.1 Å². The van der Waals surface area contributed by atoms with Gasteiger partial charge in [-0.2, -0.15) is 0 Å². The summed E-state index contributed by atoms with van der Waals surface area (Å²) in [6, 6.07) is 3.72. The van der Waals surface area contributed by atoms with E-state index in [9.17, 15) is 0 Å². The molecule has 0 saturated carbocycles. The van der Waals surface area contributed by atoms with Crippen LogP contribution in [0.25, 0.3) is 0 Å². The Hall–Kier alpha value is -2.11. The summed E-state index contributed by atoms with van der Waals surface area (Å²) in [6.07, 6.45) is 0. The highest BCUT2D eigenvalue weighted by atomic mass is 16.5. The zero-order valence-electron chi connectivity index (χ0n) is 13.4. The molecule has 1 aromatic carbocycles. The second-order valence-corrected chi connectivity index (χ2v) is 5.01. The Morgan fingerprint density at radius 1 is 1.14 bits per heavy atom. The summed E-state index contributed by atoms with van der Waals surface area (Å²) in [7, 11) is 4.75. The fourth-order valence-electron chi connectivity index (χ4n) is 1.77. The van der Waals surface area contributed by atoms with Gasteiger partial charge in [0.25, 0.3) is 0 Å². The van der Waals surface area contributed by atoms with Crippen LogP contribution in [0.2, 0.25) is 0 Å². The van der Waals surface area contributed by atoms with Crippen LogP contribution >= 0.6 is 0 Å². The number of rotatable bonds is 7. The molecule has 1 aromatic rings. The van der Waals surface area contributed by atoms with Gasteiger partial charge < -0.3 is 25.3 Å². The predicted molar refractivity (Wildman–Crippen MR) is 84.3 cm³/mol. The normalized spacial score (nSPS) is 11.4. The molecule has 0 spiro atoms. The lowest BCUT2D eigenvalue weighted by molar-refractivity contribution is 0.324. The van der Waals surface area contributed by atoms with Gasteiger partial charge >= 0.3 is 0 Å². The standard InChI is InChI=1S/C15H25N3O3/c1-10(2)8-17-15(16)18-9-11-6-12(19-3)14(21-5)13(7-11)20-4/h6-7,10H,8-9H2,1-5H3,(H3,16,17,18). The van der Waals surface area contributed by atoms with Crippen molar-refractivity contribution < 1.29 is 14.2 Å². The Balaban J connectivity index is 2.86. The van der Waals surface area contributed by atoms with Crippen molar-refractivity contribution in [2.24, 2.45) is 16.6 Å². The largest absolute Gasteiger partial charge is 0.493 e. The van der Waals surface area contributed by atoms with Gasteiger partial charge in [-0.15, -0.1) is 0 Å². The van der Waals surface area contributed by atoms with Crippen molar-refractivity contribution in [1.29, 1.82) is 0 Å². The van der Waals surface area contributed by atoms with E-state index >= 15 is 0 Å². The molecule has 0 aliphatic rings. The molecule has 3 N–H and O–H groups in total. The van der Waals surface area contributed by atoms with E-state index in [-0.39, 0.29) is 0 Å². The molecule has 0 saturated heterocycles. The minimum Gasteiger partial charge on any atom is -0.493 e. The van der Waals surface area contributed by atoms with Crippen LogP contribution in [0.4, 0.5) is 0 Å². The SMILES string of the molecule is COc1cc(CN=C(N)NCC(C)C)cc(OC)c1OC. The van der Waals surface area contributed by atoms with Gasteiger partial charge in [-0.3, -0.25) is 0 Å². The zero-order chi connectivity index (χ0) is 15.8. The number of guanidine groups is 1.